The summed E-state index contributed by atoms with van der Waals surface area (Å²) in [7, 11) is -3.00. The van der Waals surface area contributed by atoms with Gasteiger partial charge >= 0.3 is 7.60 Å². The van der Waals surface area contributed by atoms with E-state index in [0.29, 0.717) is 13.2 Å². The minimum Gasteiger partial charge on any atom is -0.306 e. The molecule has 0 radical (unpaired) electrons. The molecule has 0 saturated heterocycles. The van der Waals surface area contributed by atoms with Crippen LogP contribution in [0.4, 0.5) is 0 Å². The smallest absolute Gasteiger partial charge is 0.306 e. The minimum absolute atomic E-state index is 0.396. The molecule has 4 nitrogen and oxygen atoms in total. The quantitative estimate of drug-likeness (QED) is 0.588. The van der Waals surface area contributed by atoms with Crippen LogP contribution >= 0.6 is 7.60 Å². The molecule has 0 aromatic heterocycles. The van der Waals surface area contributed by atoms with Crippen molar-refractivity contribution in [2.24, 2.45) is 0 Å². The van der Waals surface area contributed by atoms with Crippen LogP contribution in [0.5, 0.6) is 0 Å². The molecular formula is C11H24NO3P. The van der Waals surface area contributed by atoms with Gasteiger partial charge < -0.3 is 13.9 Å². The largest absolute Gasteiger partial charge is 0.353 e. The molecule has 16 heavy (non-hydrogen) atoms. The van der Waals surface area contributed by atoms with Crippen LogP contribution in [-0.2, 0) is 13.6 Å². The molecule has 0 fully saturated rings. The van der Waals surface area contributed by atoms with Crippen molar-refractivity contribution >= 4 is 7.60 Å². The Morgan fingerprint density at radius 3 is 1.94 bits per heavy atom. The van der Waals surface area contributed by atoms with E-state index in [4.69, 9.17) is 9.05 Å². The molecule has 96 valence electrons. The van der Waals surface area contributed by atoms with Crippen LogP contribution in [0.2, 0.25) is 0 Å². The predicted octanol–water partition coefficient (Wildman–Crippen LogP) is 3.11. The van der Waals surface area contributed by atoms with Crippen LogP contribution in [0.25, 0.3) is 0 Å². The first-order chi connectivity index (χ1) is 7.61. The highest BCUT2D eigenvalue weighted by molar-refractivity contribution is 7.57. The van der Waals surface area contributed by atoms with Gasteiger partial charge in [-0.2, -0.15) is 0 Å². The average Bonchev–Trinajstić information content (AvgIpc) is 2.25. The minimum atomic E-state index is -3.00. The highest BCUT2D eigenvalue weighted by Gasteiger charge is 2.18. The molecule has 0 saturated carbocycles. The zero-order chi connectivity index (χ0) is 12.4. The van der Waals surface area contributed by atoms with Gasteiger partial charge in [0.05, 0.1) is 13.2 Å². The van der Waals surface area contributed by atoms with Gasteiger partial charge in [0.25, 0.3) is 0 Å². The van der Waals surface area contributed by atoms with Crippen LogP contribution in [0.3, 0.4) is 0 Å². The Hall–Kier alpha value is -0.150. The second kappa shape index (κ2) is 8.94. The molecule has 0 aliphatic rings. The lowest BCUT2D eigenvalue weighted by Gasteiger charge is -2.16. The Bertz CT molecular complexity index is 229. The van der Waals surface area contributed by atoms with Crippen molar-refractivity contribution < 1.29 is 13.6 Å². The number of likely N-dealkylation sites (N-methyl/N-ethyl adjacent to an activating group) is 1. The van der Waals surface area contributed by atoms with Crippen LogP contribution in [-0.4, -0.2) is 37.7 Å². The summed E-state index contributed by atoms with van der Waals surface area (Å²) in [6.45, 7) is 11.3. The van der Waals surface area contributed by atoms with Crippen molar-refractivity contribution in [1.82, 2.24) is 4.90 Å². The average molecular weight is 249 g/mol. The molecule has 0 heterocycles. The summed E-state index contributed by atoms with van der Waals surface area (Å²) in [4.78, 5) is 2.22. The predicted molar refractivity (Wildman–Crippen MR) is 67.8 cm³/mol. The van der Waals surface area contributed by atoms with Crippen LogP contribution in [0.15, 0.2) is 11.9 Å². The van der Waals surface area contributed by atoms with E-state index in [0.717, 1.165) is 19.6 Å². The second-order valence-electron chi connectivity index (χ2n) is 3.25. The molecule has 0 unspecified atom stereocenters. The summed E-state index contributed by atoms with van der Waals surface area (Å²) >= 11 is 0. The van der Waals surface area contributed by atoms with Gasteiger partial charge in [-0.1, -0.05) is 19.9 Å². The van der Waals surface area contributed by atoms with E-state index in [1.807, 2.05) is 19.9 Å². The van der Waals surface area contributed by atoms with Crippen molar-refractivity contribution in [2.75, 3.05) is 32.8 Å². The van der Waals surface area contributed by atoms with Crippen LogP contribution in [0, 0.1) is 0 Å². The molecule has 0 aromatic carbocycles. The fourth-order valence-electron chi connectivity index (χ4n) is 1.29. The van der Waals surface area contributed by atoms with Crippen molar-refractivity contribution in [1.29, 1.82) is 0 Å². The monoisotopic (exact) mass is 249 g/mol. The summed E-state index contributed by atoms with van der Waals surface area (Å²) < 4.78 is 22.3. The summed E-state index contributed by atoms with van der Waals surface area (Å²) in [6.07, 6.45) is 1.86. The molecular weight excluding hydrogens is 225 g/mol. The molecule has 0 aromatic rings. The molecule has 0 rings (SSSR count). The number of hydrogen-bond donors (Lipinski definition) is 0. The van der Waals surface area contributed by atoms with E-state index in [-0.39, 0.29) is 0 Å². The van der Waals surface area contributed by atoms with Gasteiger partial charge in [-0.25, -0.2) is 0 Å². The topological polar surface area (TPSA) is 38.8 Å². The lowest BCUT2D eigenvalue weighted by Crippen LogP contribution is -2.22. The fourth-order valence-corrected chi connectivity index (χ4v) is 2.61. The zero-order valence-corrected chi connectivity index (χ0v) is 11.7. The Balaban J connectivity index is 4.27. The second-order valence-corrected chi connectivity index (χ2v) is 5.14. The van der Waals surface area contributed by atoms with E-state index in [9.17, 15) is 4.57 Å². The summed E-state index contributed by atoms with van der Waals surface area (Å²) in [5.74, 6) is 1.57. The first-order valence-corrected chi connectivity index (χ1v) is 7.51. The highest BCUT2D eigenvalue weighted by atomic mass is 31.2. The molecule has 0 aliphatic heterocycles. The van der Waals surface area contributed by atoms with Gasteiger partial charge in [0.15, 0.2) is 0 Å². The van der Waals surface area contributed by atoms with Gasteiger partial charge in [-0.05, 0) is 26.9 Å². The lowest BCUT2D eigenvalue weighted by molar-refractivity contribution is 0.228. The first kappa shape index (κ1) is 15.9. The SMILES string of the molecule is CCOP(=O)(C=CCN(CC)CC)OCC. The van der Waals surface area contributed by atoms with Gasteiger partial charge in [0.2, 0.25) is 0 Å². The molecule has 0 amide bonds. The van der Waals surface area contributed by atoms with E-state index in [1.165, 1.54) is 0 Å². The first-order valence-electron chi connectivity index (χ1n) is 5.90. The van der Waals surface area contributed by atoms with Crippen molar-refractivity contribution in [3.63, 3.8) is 0 Å². The molecule has 5 heteroatoms. The van der Waals surface area contributed by atoms with Gasteiger partial charge in [-0.15, -0.1) is 0 Å². The Kier molecular flexibility index (Phi) is 8.86. The van der Waals surface area contributed by atoms with E-state index in [2.05, 4.69) is 18.7 Å². The van der Waals surface area contributed by atoms with Crippen molar-refractivity contribution in [2.45, 2.75) is 27.7 Å². The third-order valence-electron chi connectivity index (χ3n) is 2.16. The van der Waals surface area contributed by atoms with E-state index < -0.39 is 7.60 Å². The normalized spacial score (nSPS) is 12.8. The molecule has 0 spiro atoms. The maximum Gasteiger partial charge on any atom is 0.353 e. The van der Waals surface area contributed by atoms with Crippen molar-refractivity contribution in [3.8, 4) is 0 Å². The Morgan fingerprint density at radius 1 is 1.06 bits per heavy atom. The highest BCUT2D eigenvalue weighted by Crippen LogP contribution is 2.49. The third kappa shape index (κ3) is 6.44. The standard InChI is InChI=1S/C11H24NO3P/c1-5-12(6-2)10-9-11-16(13,14-7-3)15-8-4/h9,11H,5-8,10H2,1-4H3. The molecule has 0 atom stereocenters. The Labute approximate surface area is 99.1 Å². The third-order valence-corrected chi connectivity index (χ3v) is 3.98. The maximum absolute atomic E-state index is 12.0. The zero-order valence-electron chi connectivity index (χ0n) is 10.8. The molecule has 0 aliphatic carbocycles. The fraction of sp³-hybridized carbons (Fsp3) is 0.818. The Morgan fingerprint density at radius 2 is 1.56 bits per heavy atom. The number of hydrogen-bond acceptors (Lipinski definition) is 4. The lowest BCUT2D eigenvalue weighted by atomic mass is 10.5. The summed E-state index contributed by atoms with van der Waals surface area (Å²) in [6, 6.07) is 0. The molecule has 0 N–H and O–H groups in total. The van der Waals surface area contributed by atoms with Gasteiger partial charge in [-0.3, -0.25) is 4.57 Å². The van der Waals surface area contributed by atoms with E-state index >= 15 is 0 Å². The van der Waals surface area contributed by atoms with Crippen molar-refractivity contribution in [3.05, 3.63) is 11.9 Å². The maximum atomic E-state index is 12.0. The van der Waals surface area contributed by atoms with Gasteiger partial charge in [0, 0.05) is 12.4 Å². The van der Waals surface area contributed by atoms with Gasteiger partial charge in [0.1, 0.15) is 0 Å². The number of rotatable bonds is 9. The summed E-state index contributed by atoms with van der Waals surface area (Å²) in [5, 5.41) is 0. The molecule has 0 bridgehead atoms. The van der Waals surface area contributed by atoms with E-state index in [1.54, 1.807) is 5.82 Å². The summed E-state index contributed by atoms with van der Waals surface area (Å²) in [5.41, 5.74) is 0. The number of nitrogens with zero attached hydrogens (tertiary/aromatic N) is 1. The van der Waals surface area contributed by atoms with Crippen LogP contribution in [0.1, 0.15) is 27.7 Å². The van der Waals surface area contributed by atoms with Crippen LogP contribution < -0.4 is 0 Å².